The van der Waals surface area contributed by atoms with E-state index in [4.69, 9.17) is 10.4 Å². The topological polar surface area (TPSA) is 151 Å². The highest BCUT2D eigenvalue weighted by Crippen LogP contribution is 2.31. The number of rotatable bonds is 3. The maximum Gasteiger partial charge on any atom is 0.418 e. The summed E-state index contributed by atoms with van der Waals surface area (Å²) in [6.45, 7) is 4.83. The van der Waals surface area contributed by atoms with E-state index < -0.39 is 45.7 Å². The first-order chi connectivity index (χ1) is 10.8. The fourth-order valence-corrected chi connectivity index (χ4v) is 3.10. The van der Waals surface area contributed by atoms with Gasteiger partial charge in [-0.2, -0.15) is 13.5 Å². The minimum atomic E-state index is -4.86. The number of carbonyl (C=O) groups excluding carboxylic acids is 3. The van der Waals surface area contributed by atoms with E-state index in [1.807, 2.05) is 0 Å². The van der Waals surface area contributed by atoms with Crippen molar-refractivity contribution >= 4 is 28.2 Å². The number of hydrogen-bond acceptors (Lipinski definition) is 7. The standard InChI is InChI=1S/C12H20N4O7S/c1-12(2,3)10(18)15(13)9(17)8-5-4-7-6-14(8)11(19)16(7)23-24(20,21)22/h7-8H,4-6,13H2,1-3H3,(H,20,21,22)/t7-,8+/m1/s1. The van der Waals surface area contributed by atoms with Crippen LogP contribution >= 0.6 is 0 Å². The lowest BCUT2D eigenvalue weighted by Gasteiger charge is -2.33. The number of amides is 4. The van der Waals surface area contributed by atoms with E-state index in [9.17, 15) is 22.8 Å². The van der Waals surface area contributed by atoms with E-state index in [0.717, 1.165) is 4.90 Å². The normalized spacial score (nSPS) is 24.3. The molecule has 0 aromatic carbocycles. The average Bonchev–Trinajstić information content (AvgIpc) is 2.68. The Bertz CT molecular complexity index is 671. The lowest BCUT2D eigenvalue weighted by atomic mass is 9.94. The van der Waals surface area contributed by atoms with Crippen molar-refractivity contribution in [3.8, 4) is 0 Å². The average molecular weight is 364 g/mol. The highest BCUT2D eigenvalue weighted by Gasteiger charge is 2.50. The molecule has 0 aromatic rings. The van der Waals surface area contributed by atoms with Crippen LogP contribution in [0.1, 0.15) is 33.6 Å². The van der Waals surface area contributed by atoms with Gasteiger partial charge in [0, 0.05) is 12.0 Å². The predicted octanol–water partition coefficient (Wildman–Crippen LogP) is -0.736. The Morgan fingerprint density at radius 2 is 1.92 bits per heavy atom. The van der Waals surface area contributed by atoms with Gasteiger partial charge < -0.3 is 4.90 Å². The molecule has 11 nitrogen and oxygen atoms in total. The lowest BCUT2D eigenvalue weighted by Crippen LogP contribution is -2.57. The molecule has 0 saturated carbocycles. The maximum absolute atomic E-state index is 12.5. The SMILES string of the molecule is CC(C)(C)C(=O)N(N)C(=O)[C@@H]1CC[C@@H]2CN1C(=O)N2OS(=O)(=O)O. The summed E-state index contributed by atoms with van der Waals surface area (Å²) < 4.78 is 34.7. The van der Waals surface area contributed by atoms with Crippen molar-refractivity contribution in [3.05, 3.63) is 0 Å². The number of fused-ring (bicyclic) bond motifs is 2. The Kier molecular flexibility index (Phi) is 4.61. The molecule has 2 bridgehead atoms. The number of piperidine rings is 1. The first-order valence-corrected chi connectivity index (χ1v) is 8.59. The van der Waals surface area contributed by atoms with Gasteiger partial charge in [0.25, 0.3) is 5.91 Å². The fraction of sp³-hybridized carbons (Fsp3) is 0.750. The second-order valence-corrected chi connectivity index (χ2v) is 7.78. The number of carbonyl (C=O) groups is 3. The molecule has 0 aromatic heterocycles. The second kappa shape index (κ2) is 5.95. The highest BCUT2D eigenvalue weighted by molar-refractivity contribution is 7.80. The van der Waals surface area contributed by atoms with E-state index in [1.165, 1.54) is 0 Å². The summed E-state index contributed by atoms with van der Waals surface area (Å²) in [6.07, 6.45) is 0.442. The number of nitrogens with two attached hydrogens (primary N) is 1. The Balaban J connectivity index is 2.17. The number of imide groups is 1. The molecule has 0 unspecified atom stereocenters. The molecule has 24 heavy (non-hydrogen) atoms. The van der Waals surface area contributed by atoms with Gasteiger partial charge in [0.15, 0.2) is 0 Å². The van der Waals surface area contributed by atoms with Crippen LogP contribution in [-0.2, 0) is 24.3 Å². The number of hydroxylamine groups is 2. The molecule has 2 aliphatic rings. The Morgan fingerprint density at radius 3 is 2.42 bits per heavy atom. The van der Waals surface area contributed by atoms with Crippen LogP contribution in [0.25, 0.3) is 0 Å². The summed E-state index contributed by atoms with van der Waals surface area (Å²) in [5.74, 6) is 4.25. The van der Waals surface area contributed by atoms with E-state index in [2.05, 4.69) is 4.28 Å². The van der Waals surface area contributed by atoms with Crippen molar-refractivity contribution in [2.45, 2.75) is 45.7 Å². The molecule has 2 rings (SSSR count). The van der Waals surface area contributed by atoms with Gasteiger partial charge in [-0.25, -0.2) is 15.6 Å². The molecule has 2 atom stereocenters. The largest absolute Gasteiger partial charge is 0.418 e. The van der Waals surface area contributed by atoms with Crippen LogP contribution in [0.4, 0.5) is 4.79 Å². The smallest absolute Gasteiger partial charge is 0.309 e. The molecule has 4 amide bonds. The maximum atomic E-state index is 12.5. The van der Waals surface area contributed by atoms with E-state index in [0.29, 0.717) is 10.1 Å². The molecule has 2 fully saturated rings. The highest BCUT2D eigenvalue weighted by atomic mass is 32.3. The van der Waals surface area contributed by atoms with Gasteiger partial charge in [-0.05, 0) is 12.8 Å². The fourth-order valence-electron chi connectivity index (χ4n) is 2.71. The van der Waals surface area contributed by atoms with E-state index >= 15 is 0 Å². The summed E-state index contributed by atoms with van der Waals surface area (Å²) in [7, 11) is -4.86. The molecule has 136 valence electrons. The van der Waals surface area contributed by atoms with Gasteiger partial charge >= 0.3 is 16.4 Å². The van der Waals surface area contributed by atoms with Crippen LogP contribution in [0.2, 0.25) is 0 Å². The van der Waals surface area contributed by atoms with Crippen molar-refractivity contribution in [1.82, 2.24) is 15.0 Å². The van der Waals surface area contributed by atoms with Crippen molar-refractivity contribution < 1.29 is 31.6 Å². The monoisotopic (exact) mass is 364 g/mol. The molecule has 2 aliphatic heterocycles. The summed E-state index contributed by atoms with van der Waals surface area (Å²) in [5.41, 5.74) is -0.878. The van der Waals surface area contributed by atoms with Gasteiger partial charge in [-0.1, -0.05) is 20.8 Å². The van der Waals surface area contributed by atoms with Crippen LogP contribution in [-0.4, -0.2) is 64.4 Å². The summed E-state index contributed by atoms with van der Waals surface area (Å²) in [5, 5.41) is 1.01. The third kappa shape index (κ3) is 3.50. The molecule has 2 heterocycles. The van der Waals surface area contributed by atoms with Crippen LogP contribution < -0.4 is 5.84 Å². The van der Waals surface area contributed by atoms with Gasteiger partial charge in [-0.3, -0.25) is 14.1 Å². The number of urea groups is 1. The number of nitrogens with zero attached hydrogens (tertiary/aromatic N) is 3. The van der Waals surface area contributed by atoms with Crippen molar-refractivity contribution in [2.24, 2.45) is 11.3 Å². The quantitative estimate of drug-likeness (QED) is 0.288. The Morgan fingerprint density at radius 1 is 1.33 bits per heavy atom. The minimum Gasteiger partial charge on any atom is -0.309 e. The van der Waals surface area contributed by atoms with Gasteiger partial charge in [0.2, 0.25) is 5.91 Å². The first-order valence-electron chi connectivity index (χ1n) is 7.23. The molecule has 0 aliphatic carbocycles. The third-order valence-electron chi connectivity index (χ3n) is 3.88. The summed E-state index contributed by atoms with van der Waals surface area (Å²) in [4.78, 5) is 37.9. The van der Waals surface area contributed by atoms with Crippen molar-refractivity contribution in [3.63, 3.8) is 0 Å². The van der Waals surface area contributed by atoms with Crippen LogP contribution in [0.3, 0.4) is 0 Å². The van der Waals surface area contributed by atoms with Crippen LogP contribution in [0.5, 0.6) is 0 Å². The van der Waals surface area contributed by atoms with Crippen LogP contribution in [0.15, 0.2) is 0 Å². The van der Waals surface area contributed by atoms with Gasteiger partial charge in [-0.15, -0.1) is 4.28 Å². The molecular formula is C12H20N4O7S. The summed E-state index contributed by atoms with van der Waals surface area (Å²) >= 11 is 0. The molecule has 0 radical (unpaired) electrons. The zero-order valence-electron chi connectivity index (χ0n) is 13.5. The van der Waals surface area contributed by atoms with Gasteiger partial charge in [0.05, 0.1) is 6.04 Å². The predicted molar refractivity (Wildman–Crippen MR) is 78.9 cm³/mol. The third-order valence-corrected chi connectivity index (χ3v) is 4.23. The number of hydrogen-bond donors (Lipinski definition) is 2. The molecule has 3 N–H and O–H groups in total. The molecule has 0 spiro atoms. The minimum absolute atomic E-state index is 0.0301. The van der Waals surface area contributed by atoms with E-state index in [1.54, 1.807) is 20.8 Å². The first kappa shape index (κ1) is 18.6. The number of hydrazine groups is 1. The molecular weight excluding hydrogens is 344 g/mol. The summed E-state index contributed by atoms with van der Waals surface area (Å²) in [6, 6.07) is -2.50. The van der Waals surface area contributed by atoms with Gasteiger partial charge in [0.1, 0.15) is 6.04 Å². The second-order valence-electron chi connectivity index (χ2n) is 6.77. The van der Waals surface area contributed by atoms with E-state index in [-0.39, 0.29) is 19.4 Å². The molecule has 2 saturated heterocycles. The lowest BCUT2D eigenvalue weighted by molar-refractivity contribution is -0.153. The van der Waals surface area contributed by atoms with Crippen molar-refractivity contribution in [1.29, 1.82) is 0 Å². The Hall–Kier alpha value is -1.76. The van der Waals surface area contributed by atoms with Crippen LogP contribution in [0, 0.1) is 5.41 Å². The zero-order valence-corrected chi connectivity index (χ0v) is 14.3. The molecule has 12 heteroatoms. The van der Waals surface area contributed by atoms with Crippen molar-refractivity contribution in [2.75, 3.05) is 6.54 Å². The Labute approximate surface area is 139 Å². The zero-order chi connectivity index (χ0) is 18.4.